The molecule has 3 N–H and O–H groups in total. The minimum absolute atomic E-state index is 0.198. The average Bonchev–Trinajstić information content (AvgIpc) is 2.81. The molecule has 3 rings (SSSR count). The molecule has 26 heavy (non-hydrogen) atoms. The van der Waals surface area contributed by atoms with E-state index in [1.54, 1.807) is 32.1 Å². The fraction of sp³-hybridized carbons (Fsp3) is 0.529. The van der Waals surface area contributed by atoms with E-state index in [4.69, 9.17) is 0 Å². The Morgan fingerprint density at radius 1 is 1.31 bits per heavy atom. The summed E-state index contributed by atoms with van der Waals surface area (Å²) in [5.74, 6) is -3.16. The SMILES string of the molecule is CC1(C)S[C@@H]2C(NC(=O)C[C@@]3(C(=O)O)C=CC=CC3)C(=O)N2C1C(=O)O. The Hall–Kier alpha value is -2.29. The van der Waals surface area contributed by atoms with Crippen molar-refractivity contribution < 1.29 is 29.4 Å². The van der Waals surface area contributed by atoms with Gasteiger partial charge >= 0.3 is 11.9 Å². The number of carbonyl (C=O) groups is 4. The monoisotopic (exact) mass is 380 g/mol. The van der Waals surface area contributed by atoms with E-state index in [1.807, 2.05) is 0 Å². The second-order valence-electron chi connectivity index (χ2n) is 7.27. The van der Waals surface area contributed by atoms with E-state index in [-0.39, 0.29) is 12.8 Å². The van der Waals surface area contributed by atoms with Crippen LogP contribution in [-0.4, -0.2) is 61.1 Å². The first-order chi connectivity index (χ1) is 12.1. The van der Waals surface area contributed by atoms with Gasteiger partial charge in [-0.15, -0.1) is 11.8 Å². The molecule has 0 aromatic rings. The first kappa shape index (κ1) is 18.5. The highest BCUT2D eigenvalue weighted by Gasteiger charge is 2.64. The number of fused-ring (bicyclic) bond motifs is 1. The molecule has 0 saturated carbocycles. The molecule has 0 radical (unpaired) electrons. The predicted octanol–water partition coefficient (Wildman–Crippen LogP) is 0.595. The molecule has 4 atom stereocenters. The summed E-state index contributed by atoms with van der Waals surface area (Å²) in [6.07, 6.45) is 6.39. The third-order valence-electron chi connectivity index (χ3n) is 5.04. The summed E-state index contributed by atoms with van der Waals surface area (Å²) < 4.78 is -0.676. The van der Waals surface area contributed by atoms with Gasteiger partial charge in [0.15, 0.2) is 0 Å². The van der Waals surface area contributed by atoms with Gasteiger partial charge < -0.3 is 20.4 Å². The summed E-state index contributed by atoms with van der Waals surface area (Å²) in [7, 11) is 0. The lowest BCUT2D eigenvalue weighted by atomic mass is 9.78. The summed E-state index contributed by atoms with van der Waals surface area (Å²) in [6.45, 7) is 3.50. The van der Waals surface area contributed by atoms with Crippen LogP contribution in [0, 0.1) is 5.41 Å². The van der Waals surface area contributed by atoms with Gasteiger partial charge in [0.25, 0.3) is 0 Å². The Labute approximate surface area is 154 Å². The Kier molecular flexibility index (Phi) is 4.38. The number of hydrogen-bond acceptors (Lipinski definition) is 5. The molecule has 2 amide bonds. The van der Waals surface area contributed by atoms with Gasteiger partial charge in [0.05, 0.1) is 5.41 Å². The Morgan fingerprint density at radius 3 is 2.54 bits per heavy atom. The molecule has 2 heterocycles. The van der Waals surface area contributed by atoms with E-state index in [2.05, 4.69) is 5.32 Å². The molecule has 9 heteroatoms. The number of hydrogen-bond donors (Lipinski definition) is 3. The molecule has 3 aliphatic rings. The van der Waals surface area contributed by atoms with Crippen molar-refractivity contribution in [1.82, 2.24) is 10.2 Å². The van der Waals surface area contributed by atoms with Crippen LogP contribution in [0.25, 0.3) is 0 Å². The van der Waals surface area contributed by atoms with Crippen molar-refractivity contribution in [3.63, 3.8) is 0 Å². The Bertz CT molecular complexity index is 746. The van der Waals surface area contributed by atoms with Crippen LogP contribution in [0.15, 0.2) is 24.3 Å². The van der Waals surface area contributed by atoms with Gasteiger partial charge in [-0.05, 0) is 20.3 Å². The zero-order chi connectivity index (χ0) is 19.3. The van der Waals surface area contributed by atoms with Crippen LogP contribution in [0.1, 0.15) is 26.7 Å². The van der Waals surface area contributed by atoms with E-state index >= 15 is 0 Å². The van der Waals surface area contributed by atoms with Crippen LogP contribution in [0.2, 0.25) is 0 Å². The Balaban J connectivity index is 1.69. The molecular weight excluding hydrogens is 360 g/mol. The van der Waals surface area contributed by atoms with Crippen molar-refractivity contribution in [1.29, 1.82) is 0 Å². The minimum Gasteiger partial charge on any atom is -0.481 e. The quantitative estimate of drug-likeness (QED) is 0.597. The van der Waals surface area contributed by atoms with Crippen molar-refractivity contribution in [3.8, 4) is 0 Å². The van der Waals surface area contributed by atoms with Gasteiger partial charge in [-0.1, -0.05) is 24.3 Å². The van der Waals surface area contributed by atoms with Gasteiger partial charge in [-0.3, -0.25) is 14.4 Å². The van der Waals surface area contributed by atoms with Gasteiger partial charge in [0, 0.05) is 11.2 Å². The minimum atomic E-state index is -1.32. The van der Waals surface area contributed by atoms with Crippen LogP contribution in [0.4, 0.5) is 0 Å². The topological polar surface area (TPSA) is 124 Å². The molecular formula is C17H20N2O6S. The standard InChI is InChI=1S/C17H20N2O6S/c1-16(2)11(14(22)23)19-12(21)10(13(19)26-16)18-9(20)8-17(15(24)25)6-4-3-5-7-17/h3-6,10-11,13H,7-8H2,1-2H3,(H,18,20)(H,22,23)(H,24,25)/t10?,11?,13-,17-/m1/s1. The van der Waals surface area contributed by atoms with Crippen molar-refractivity contribution in [2.24, 2.45) is 5.41 Å². The molecule has 140 valence electrons. The lowest BCUT2D eigenvalue weighted by molar-refractivity contribution is -0.161. The largest absolute Gasteiger partial charge is 0.481 e. The normalized spacial score (nSPS) is 34.2. The number of nitrogens with one attached hydrogen (secondary N) is 1. The number of carboxylic acids is 2. The summed E-state index contributed by atoms with van der Waals surface area (Å²) in [5, 5.41) is 21.0. The fourth-order valence-electron chi connectivity index (χ4n) is 3.69. The zero-order valence-electron chi connectivity index (χ0n) is 14.3. The third kappa shape index (κ3) is 2.80. The van der Waals surface area contributed by atoms with Crippen LogP contribution >= 0.6 is 11.8 Å². The number of amides is 2. The van der Waals surface area contributed by atoms with E-state index in [0.717, 1.165) is 0 Å². The number of allylic oxidation sites excluding steroid dienone is 3. The third-order valence-corrected chi connectivity index (χ3v) is 6.61. The van der Waals surface area contributed by atoms with E-state index < -0.39 is 51.4 Å². The molecule has 0 aromatic heterocycles. The highest BCUT2D eigenvalue weighted by molar-refractivity contribution is 8.01. The van der Waals surface area contributed by atoms with Crippen molar-refractivity contribution in [3.05, 3.63) is 24.3 Å². The highest BCUT2D eigenvalue weighted by Crippen LogP contribution is 2.50. The lowest BCUT2D eigenvalue weighted by Crippen LogP contribution is -2.70. The number of aliphatic carboxylic acids is 2. The summed E-state index contributed by atoms with van der Waals surface area (Å²) in [4.78, 5) is 49.2. The summed E-state index contributed by atoms with van der Waals surface area (Å²) in [5.41, 5.74) is -1.32. The maximum Gasteiger partial charge on any atom is 0.327 e. The molecule has 1 aliphatic carbocycles. The zero-order valence-corrected chi connectivity index (χ0v) is 15.2. The number of carboxylic acid groups (broad SMARTS) is 2. The van der Waals surface area contributed by atoms with Crippen LogP contribution < -0.4 is 5.32 Å². The second-order valence-corrected chi connectivity index (χ2v) is 9.04. The molecule has 2 fully saturated rings. The van der Waals surface area contributed by atoms with Gasteiger partial charge in [-0.25, -0.2) is 4.79 Å². The van der Waals surface area contributed by atoms with Crippen molar-refractivity contribution in [2.75, 3.05) is 0 Å². The number of nitrogens with zero attached hydrogens (tertiary/aromatic N) is 1. The molecule has 2 saturated heterocycles. The average molecular weight is 380 g/mol. The van der Waals surface area contributed by atoms with Crippen LogP contribution in [0.3, 0.4) is 0 Å². The molecule has 0 bridgehead atoms. The number of thioether (sulfide) groups is 1. The number of β-lactam (4-membered cyclic amide) rings is 1. The number of rotatable bonds is 5. The van der Waals surface area contributed by atoms with Crippen molar-refractivity contribution in [2.45, 2.75) is 48.9 Å². The predicted molar refractivity (Wildman–Crippen MR) is 93.2 cm³/mol. The number of carbonyl (C=O) groups excluding carboxylic acids is 2. The molecule has 0 aromatic carbocycles. The van der Waals surface area contributed by atoms with Gasteiger partial charge in [-0.2, -0.15) is 0 Å². The van der Waals surface area contributed by atoms with Crippen molar-refractivity contribution >= 4 is 35.5 Å². The maximum absolute atomic E-state index is 12.4. The molecule has 2 unspecified atom stereocenters. The Morgan fingerprint density at radius 2 is 2.00 bits per heavy atom. The fourth-order valence-corrected chi connectivity index (χ4v) is 5.31. The smallest absolute Gasteiger partial charge is 0.327 e. The van der Waals surface area contributed by atoms with Gasteiger partial charge in [0.1, 0.15) is 17.5 Å². The first-order valence-electron chi connectivity index (χ1n) is 8.19. The second kappa shape index (κ2) is 6.15. The van der Waals surface area contributed by atoms with Crippen LogP contribution in [0.5, 0.6) is 0 Å². The van der Waals surface area contributed by atoms with Gasteiger partial charge in [0.2, 0.25) is 11.8 Å². The summed E-state index contributed by atoms with van der Waals surface area (Å²) in [6, 6.07) is -1.78. The van der Waals surface area contributed by atoms with E-state index in [0.29, 0.717) is 0 Å². The lowest BCUT2D eigenvalue weighted by Gasteiger charge is -2.43. The summed E-state index contributed by atoms with van der Waals surface area (Å²) >= 11 is 1.33. The molecule has 8 nitrogen and oxygen atoms in total. The first-order valence-corrected chi connectivity index (χ1v) is 9.07. The van der Waals surface area contributed by atoms with E-state index in [1.165, 1.54) is 22.7 Å². The van der Waals surface area contributed by atoms with E-state index in [9.17, 15) is 29.4 Å². The van der Waals surface area contributed by atoms with Crippen LogP contribution in [-0.2, 0) is 19.2 Å². The highest BCUT2D eigenvalue weighted by atomic mass is 32.2. The maximum atomic E-state index is 12.4. The molecule has 0 spiro atoms. The molecule has 2 aliphatic heterocycles.